The Labute approximate surface area is 110 Å². The standard InChI is InChI=1S/C15H24N2O/c1-11(2)17(9-12-4-5-12)10-13-8-14(18-3)6-7-15(13)16/h6-8,11-12H,4-5,9-10,16H2,1-3H3. The van der Waals surface area contributed by atoms with E-state index in [1.165, 1.54) is 24.9 Å². The van der Waals surface area contributed by atoms with Crippen LogP contribution in [0.15, 0.2) is 18.2 Å². The molecule has 0 aromatic heterocycles. The van der Waals surface area contributed by atoms with Gasteiger partial charge >= 0.3 is 0 Å². The second-order valence-corrected chi connectivity index (χ2v) is 5.53. The Hall–Kier alpha value is -1.22. The first-order chi connectivity index (χ1) is 8.60. The lowest BCUT2D eigenvalue weighted by molar-refractivity contribution is 0.204. The zero-order valence-electron chi connectivity index (χ0n) is 11.6. The fourth-order valence-electron chi connectivity index (χ4n) is 2.15. The van der Waals surface area contributed by atoms with Crippen molar-refractivity contribution >= 4 is 5.69 Å². The molecular formula is C15H24N2O. The maximum absolute atomic E-state index is 6.06. The molecule has 1 fully saturated rings. The number of nitrogens with zero attached hydrogens (tertiary/aromatic N) is 1. The van der Waals surface area contributed by atoms with Gasteiger partial charge in [0.15, 0.2) is 0 Å². The minimum absolute atomic E-state index is 0.552. The number of methoxy groups -OCH3 is 1. The molecule has 0 atom stereocenters. The molecule has 0 bridgehead atoms. The van der Waals surface area contributed by atoms with Crippen molar-refractivity contribution in [3.05, 3.63) is 23.8 Å². The van der Waals surface area contributed by atoms with Crippen molar-refractivity contribution < 1.29 is 4.74 Å². The van der Waals surface area contributed by atoms with Crippen molar-refractivity contribution in [2.45, 2.75) is 39.3 Å². The van der Waals surface area contributed by atoms with Crippen LogP contribution in [0.1, 0.15) is 32.3 Å². The van der Waals surface area contributed by atoms with Crippen molar-refractivity contribution in [3.8, 4) is 5.75 Å². The summed E-state index contributed by atoms with van der Waals surface area (Å²) in [6.07, 6.45) is 2.77. The van der Waals surface area contributed by atoms with E-state index >= 15 is 0 Å². The van der Waals surface area contributed by atoms with Crippen molar-refractivity contribution in [2.24, 2.45) is 5.92 Å². The van der Waals surface area contributed by atoms with E-state index in [1.807, 2.05) is 12.1 Å². The van der Waals surface area contributed by atoms with Crippen LogP contribution >= 0.6 is 0 Å². The third-order valence-electron chi connectivity index (χ3n) is 3.64. The highest BCUT2D eigenvalue weighted by atomic mass is 16.5. The highest BCUT2D eigenvalue weighted by molar-refractivity contribution is 5.50. The van der Waals surface area contributed by atoms with Gasteiger partial charge in [0.05, 0.1) is 7.11 Å². The highest BCUT2D eigenvalue weighted by Gasteiger charge is 2.25. The summed E-state index contributed by atoms with van der Waals surface area (Å²) < 4.78 is 5.27. The second-order valence-electron chi connectivity index (χ2n) is 5.53. The van der Waals surface area contributed by atoms with Crippen LogP contribution in [0.3, 0.4) is 0 Å². The van der Waals surface area contributed by atoms with Crippen LogP contribution in [-0.2, 0) is 6.54 Å². The number of ether oxygens (including phenoxy) is 1. The molecule has 1 aliphatic rings. The Balaban J connectivity index is 2.08. The quantitative estimate of drug-likeness (QED) is 0.787. The van der Waals surface area contributed by atoms with E-state index in [4.69, 9.17) is 10.5 Å². The van der Waals surface area contributed by atoms with E-state index in [2.05, 4.69) is 24.8 Å². The van der Waals surface area contributed by atoms with Gasteiger partial charge in [-0.05, 0) is 56.4 Å². The summed E-state index contributed by atoms with van der Waals surface area (Å²) in [7, 11) is 1.69. The van der Waals surface area contributed by atoms with Crippen molar-refractivity contribution in [1.29, 1.82) is 0 Å². The number of nitrogens with two attached hydrogens (primary N) is 1. The smallest absolute Gasteiger partial charge is 0.119 e. The first-order valence-corrected chi connectivity index (χ1v) is 6.76. The zero-order chi connectivity index (χ0) is 13.1. The lowest BCUT2D eigenvalue weighted by atomic mass is 10.1. The Morgan fingerprint density at radius 3 is 2.67 bits per heavy atom. The number of benzene rings is 1. The number of nitrogen functional groups attached to an aromatic ring is 1. The molecule has 2 rings (SSSR count). The maximum Gasteiger partial charge on any atom is 0.119 e. The third-order valence-corrected chi connectivity index (χ3v) is 3.64. The SMILES string of the molecule is COc1ccc(N)c(CN(CC2CC2)C(C)C)c1. The molecular weight excluding hydrogens is 224 g/mol. The van der Waals surface area contributed by atoms with E-state index in [9.17, 15) is 0 Å². The lowest BCUT2D eigenvalue weighted by Gasteiger charge is -2.27. The number of rotatable bonds is 6. The first-order valence-electron chi connectivity index (χ1n) is 6.76. The van der Waals surface area contributed by atoms with Gasteiger partial charge in [0.1, 0.15) is 5.75 Å². The molecule has 0 aliphatic heterocycles. The predicted octanol–water partition coefficient (Wildman–Crippen LogP) is 2.90. The maximum atomic E-state index is 6.06. The molecule has 0 saturated heterocycles. The summed E-state index contributed by atoms with van der Waals surface area (Å²) in [5.41, 5.74) is 8.09. The molecule has 1 aromatic carbocycles. The van der Waals surface area contributed by atoms with Gasteiger partial charge in [-0.2, -0.15) is 0 Å². The molecule has 1 saturated carbocycles. The van der Waals surface area contributed by atoms with Gasteiger partial charge < -0.3 is 10.5 Å². The molecule has 1 aromatic rings. The number of hydrogen-bond donors (Lipinski definition) is 1. The fourth-order valence-corrected chi connectivity index (χ4v) is 2.15. The van der Waals surface area contributed by atoms with E-state index in [1.54, 1.807) is 7.11 Å². The van der Waals surface area contributed by atoms with Crippen LogP contribution in [-0.4, -0.2) is 24.6 Å². The van der Waals surface area contributed by atoms with Gasteiger partial charge in [-0.1, -0.05) is 0 Å². The molecule has 0 unspecified atom stereocenters. The van der Waals surface area contributed by atoms with Gasteiger partial charge in [-0.3, -0.25) is 4.90 Å². The van der Waals surface area contributed by atoms with Crippen LogP contribution < -0.4 is 10.5 Å². The van der Waals surface area contributed by atoms with Crippen molar-refractivity contribution in [3.63, 3.8) is 0 Å². The normalized spacial score (nSPS) is 15.4. The van der Waals surface area contributed by atoms with E-state index in [0.717, 1.165) is 23.9 Å². The Morgan fingerprint density at radius 2 is 2.11 bits per heavy atom. The lowest BCUT2D eigenvalue weighted by Crippen LogP contribution is -2.32. The topological polar surface area (TPSA) is 38.5 Å². The van der Waals surface area contributed by atoms with Crippen molar-refractivity contribution in [1.82, 2.24) is 4.90 Å². The second kappa shape index (κ2) is 5.61. The van der Waals surface area contributed by atoms with Gasteiger partial charge in [-0.15, -0.1) is 0 Å². The van der Waals surface area contributed by atoms with Gasteiger partial charge in [0.25, 0.3) is 0 Å². The van der Waals surface area contributed by atoms with E-state index in [-0.39, 0.29) is 0 Å². The molecule has 0 heterocycles. The molecule has 1 aliphatic carbocycles. The van der Waals surface area contributed by atoms with E-state index < -0.39 is 0 Å². The first kappa shape index (κ1) is 13.2. The third kappa shape index (κ3) is 3.39. The van der Waals surface area contributed by atoms with Crippen molar-refractivity contribution in [2.75, 3.05) is 19.4 Å². The number of hydrogen-bond acceptors (Lipinski definition) is 3. The molecule has 100 valence electrons. The summed E-state index contributed by atoms with van der Waals surface area (Å²) in [6, 6.07) is 6.46. The van der Waals surface area contributed by atoms with Gasteiger partial charge in [0.2, 0.25) is 0 Å². The van der Waals surface area contributed by atoms with Crippen LogP contribution in [0.25, 0.3) is 0 Å². The number of anilines is 1. The summed E-state index contributed by atoms with van der Waals surface area (Å²) >= 11 is 0. The predicted molar refractivity (Wildman–Crippen MR) is 75.7 cm³/mol. The summed E-state index contributed by atoms with van der Waals surface area (Å²) in [5.74, 6) is 1.79. The molecule has 3 nitrogen and oxygen atoms in total. The minimum Gasteiger partial charge on any atom is -0.497 e. The molecule has 2 N–H and O–H groups in total. The molecule has 0 spiro atoms. The molecule has 0 amide bonds. The molecule has 18 heavy (non-hydrogen) atoms. The molecule has 0 radical (unpaired) electrons. The van der Waals surface area contributed by atoms with Crippen LogP contribution in [0.2, 0.25) is 0 Å². The monoisotopic (exact) mass is 248 g/mol. The Bertz CT molecular complexity index is 399. The highest BCUT2D eigenvalue weighted by Crippen LogP contribution is 2.31. The summed E-state index contributed by atoms with van der Waals surface area (Å²) in [4.78, 5) is 2.50. The van der Waals surface area contributed by atoms with E-state index in [0.29, 0.717) is 6.04 Å². The average Bonchev–Trinajstić information content (AvgIpc) is 3.14. The van der Waals surface area contributed by atoms with Gasteiger partial charge in [0, 0.05) is 24.8 Å². The summed E-state index contributed by atoms with van der Waals surface area (Å²) in [6.45, 7) is 6.60. The zero-order valence-corrected chi connectivity index (χ0v) is 11.6. The fraction of sp³-hybridized carbons (Fsp3) is 0.600. The Kier molecular flexibility index (Phi) is 4.12. The average molecular weight is 248 g/mol. The Morgan fingerprint density at radius 1 is 1.39 bits per heavy atom. The minimum atomic E-state index is 0.552. The van der Waals surface area contributed by atoms with Crippen LogP contribution in [0.4, 0.5) is 5.69 Å². The molecule has 3 heteroatoms. The van der Waals surface area contributed by atoms with Crippen LogP contribution in [0.5, 0.6) is 5.75 Å². The van der Waals surface area contributed by atoms with Gasteiger partial charge in [-0.25, -0.2) is 0 Å². The van der Waals surface area contributed by atoms with Crippen LogP contribution in [0, 0.1) is 5.92 Å². The summed E-state index contributed by atoms with van der Waals surface area (Å²) in [5, 5.41) is 0. The largest absolute Gasteiger partial charge is 0.497 e.